The molecular formula is C15H13FN2O2S2. The molecule has 1 N–H and O–H groups in total. The minimum Gasteiger partial charge on any atom is -0.323 e. The molecule has 1 unspecified atom stereocenters. The maximum atomic E-state index is 13.7. The van der Waals surface area contributed by atoms with Crippen molar-refractivity contribution in [3.63, 3.8) is 0 Å². The minimum atomic E-state index is -0.931. The molecule has 1 aliphatic rings. The van der Waals surface area contributed by atoms with E-state index < -0.39 is 17.6 Å². The van der Waals surface area contributed by atoms with Gasteiger partial charge < -0.3 is 5.32 Å². The summed E-state index contributed by atoms with van der Waals surface area (Å²) in [5, 5.41) is 2.52. The van der Waals surface area contributed by atoms with Crippen molar-refractivity contribution in [2.75, 3.05) is 12.4 Å². The molecule has 0 spiro atoms. The molecule has 2 heterocycles. The van der Waals surface area contributed by atoms with Gasteiger partial charge in [0.25, 0.3) is 0 Å². The maximum absolute atomic E-state index is 13.7. The summed E-state index contributed by atoms with van der Waals surface area (Å²) in [7, 11) is 1.63. The zero-order chi connectivity index (χ0) is 15.9. The third-order valence-corrected chi connectivity index (χ3v) is 5.53. The topological polar surface area (TPSA) is 49.4 Å². The monoisotopic (exact) mass is 336 g/mol. The number of amides is 2. The van der Waals surface area contributed by atoms with Gasteiger partial charge in [-0.2, -0.15) is 0 Å². The van der Waals surface area contributed by atoms with Gasteiger partial charge in [0.1, 0.15) is 5.82 Å². The number of rotatable bonds is 2. The fourth-order valence-corrected chi connectivity index (χ4v) is 4.51. The number of anilines is 1. The van der Waals surface area contributed by atoms with Crippen molar-refractivity contribution in [3.8, 4) is 0 Å². The summed E-state index contributed by atoms with van der Waals surface area (Å²) < 4.78 is 15.1. The molecule has 1 atom stereocenters. The Hall–Kier alpha value is -1.86. The number of fused-ring (bicyclic) bond motifs is 1. The molecule has 0 aliphatic carbocycles. The van der Waals surface area contributed by atoms with Crippen molar-refractivity contribution in [1.29, 1.82) is 0 Å². The van der Waals surface area contributed by atoms with Crippen LogP contribution in [-0.4, -0.2) is 23.2 Å². The van der Waals surface area contributed by atoms with Crippen LogP contribution in [0.25, 0.3) is 0 Å². The first-order valence-electron chi connectivity index (χ1n) is 6.58. The van der Waals surface area contributed by atoms with Gasteiger partial charge in [-0.1, -0.05) is 12.1 Å². The molecule has 1 aromatic heterocycles. The summed E-state index contributed by atoms with van der Waals surface area (Å²) in [5.74, 6) is -2.26. The van der Waals surface area contributed by atoms with E-state index in [0.29, 0.717) is 0 Å². The van der Waals surface area contributed by atoms with Crippen molar-refractivity contribution in [1.82, 2.24) is 4.31 Å². The Morgan fingerprint density at radius 1 is 1.36 bits per heavy atom. The Morgan fingerprint density at radius 2 is 2.09 bits per heavy atom. The van der Waals surface area contributed by atoms with Crippen LogP contribution in [0.15, 0.2) is 35.2 Å². The maximum Gasteiger partial charge on any atom is 0.250 e. The molecule has 0 fully saturated rings. The highest BCUT2D eigenvalue weighted by Crippen LogP contribution is 2.43. The summed E-state index contributed by atoms with van der Waals surface area (Å²) in [6.45, 7) is 1.93. The Morgan fingerprint density at radius 3 is 2.82 bits per heavy atom. The fraction of sp³-hybridized carbons (Fsp3) is 0.200. The molecule has 114 valence electrons. The van der Waals surface area contributed by atoms with Crippen molar-refractivity contribution >= 4 is 40.8 Å². The normalized spacial score (nSPS) is 17.3. The van der Waals surface area contributed by atoms with Crippen LogP contribution in [0.2, 0.25) is 0 Å². The minimum absolute atomic E-state index is 0.0796. The van der Waals surface area contributed by atoms with Gasteiger partial charge in [-0.15, -0.1) is 11.3 Å². The van der Waals surface area contributed by atoms with Gasteiger partial charge >= 0.3 is 0 Å². The third-order valence-electron chi connectivity index (χ3n) is 3.30. The largest absolute Gasteiger partial charge is 0.323 e. The summed E-state index contributed by atoms with van der Waals surface area (Å²) in [4.78, 5) is 27.5. The number of carbonyl (C=O) groups excluding carboxylic acids is 2. The first kappa shape index (κ1) is 15.1. The van der Waals surface area contributed by atoms with E-state index in [4.69, 9.17) is 0 Å². The van der Waals surface area contributed by atoms with Crippen LogP contribution in [0.1, 0.15) is 15.7 Å². The van der Waals surface area contributed by atoms with Crippen LogP contribution in [0, 0.1) is 12.7 Å². The molecule has 0 saturated carbocycles. The lowest BCUT2D eigenvalue weighted by atomic mass is 10.1. The van der Waals surface area contributed by atoms with Crippen LogP contribution < -0.4 is 5.32 Å². The highest BCUT2D eigenvalue weighted by molar-refractivity contribution is 7.97. The second-order valence-corrected chi connectivity index (χ2v) is 7.37. The summed E-state index contributed by atoms with van der Waals surface area (Å²) >= 11 is 2.74. The quantitative estimate of drug-likeness (QED) is 0.675. The highest BCUT2D eigenvalue weighted by atomic mass is 32.2. The molecule has 0 radical (unpaired) electrons. The van der Waals surface area contributed by atoms with E-state index in [-0.39, 0.29) is 11.6 Å². The van der Waals surface area contributed by atoms with Gasteiger partial charge in [-0.25, -0.2) is 4.39 Å². The third kappa shape index (κ3) is 2.62. The van der Waals surface area contributed by atoms with Gasteiger partial charge in [0.05, 0.1) is 5.69 Å². The van der Waals surface area contributed by atoms with E-state index in [1.807, 2.05) is 13.0 Å². The number of para-hydroxylation sites is 1. The van der Waals surface area contributed by atoms with Crippen molar-refractivity contribution in [2.24, 2.45) is 0 Å². The first-order chi connectivity index (χ1) is 10.5. The number of halogens is 1. The summed E-state index contributed by atoms with van der Waals surface area (Å²) in [6.07, 6.45) is 0. The number of likely N-dealkylation sites (N-methyl/N-ethyl adjacent to an activating group) is 1. The fourth-order valence-electron chi connectivity index (χ4n) is 2.27. The number of hydrogen-bond donors (Lipinski definition) is 1. The smallest absolute Gasteiger partial charge is 0.250 e. The Bertz CT molecular complexity index is 760. The van der Waals surface area contributed by atoms with Crippen LogP contribution >= 0.6 is 23.3 Å². The van der Waals surface area contributed by atoms with Gasteiger partial charge in [-0.05, 0) is 37.1 Å². The molecule has 2 aromatic rings. The number of benzene rings is 1. The molecule has 1 aromatic carbocycles. The number of nitrogens with one attached hydrogen (secondary N) is 1. The number of hydrogen-bond acceptors (Lipinski definition) is 4. The molecule has 2 amide bonds. The predicted octanol–water partition coefficient (Wildman–Crippen LogP) is 3.40. The van der Waals surface area contributed by atoms with E-state index in [2.05, 4.69) is 5.32 Å². The molecule has 7 heteroatoms. The van der Waals surface area contributed by atoms with Crippen LogP contribution in [0.4, 0.5) is 10.1 Å². The van der Waals surface area contributed by atoms with Crippen LogP contribution in [-0.2, 0) is 9.59 Å². The van der Waals surface area contributed by atoms with E-state index >= 15 is 0 Å². The lowest BCUT2D eigenvalue weighted by Gasteiger charge is -2.27. The Labute approximate surface area is 135 Å². The van der Waals surface area contributed by atoms with Crippen molar-refractivity contribution in [2.45, 2.75) is 17.7 Å². The second-order valence-electron chi connectivity index (χ2n) is 4.91. The number of carbonyl (C=O) groups is 2. The van der Waals surface area contributed by atoms with E-state index in [0.717, 1.165) is 14.6 Å². The van der Waals surface area contributed by atoms with E-state index in [1.165, 1.54) is 39.7 Å². The van der Waals surface area contributed by atoms with Crippen molar-refractivity contribution < 1.29 is 14.0 Å². The standard InChI is InChI=1S/C15H13FN2O2S2/c1-8-7-11-13(21-8)12(15(20)18(2)22-11)14(19)17-10-6-4-3-5-9(10)16/h3-7,12H,1-2H3,(H,17,19). The van der Waals surface area contributed by atoms with Gasteiger partial charge in [0, 0.05) is 21.7 Å². The van der Waals surface area contributed by atoms with Crippen LogP contribution in [0.5, 0.6) is 0 Å². The SMILES string of the molecule is Cc1cc2c(s1)C(C(=O)Nc1ccccc1F)C(=O)N(C)S2. The van der Waals surface area contributed by atoms with Gasteiger partial charge in [-0.3, -0.25) is 13.9 Å². The number of thiophene rings is 1. The molecule has 1 aliphatic heterocycles. The summed E-state index contributed by atoms with van der Waals surface area (Å²) in [6, 6.07) is 7.86. The van der Waals surface area contributed by atoms with Crippen molar-refractivity contribution in [3.05, 3.63) is 45.9 Å². The lowest BCUT2D eigenvalue weighted by molar-refractivity contribution is -0.132. The number of nitrogens with zero attached hydrogens (tertiary/aromatic N) is 1. The predicted molar refractivity (Wildman–Crippen MR) is 85.5 cm³/mol. The average Bonchev–Trinajstić information content (AvgIpc) is 2.82. The Kier molecular flexibility index (Phi) is 3.92. The molecule has 0 bridgehead atoms. The molecular weight excluding hydrogens is 323 g/mol. The zero-order valence-corrected chi connectivity index (χ0v) is 13.6. The van der Waals surface area contributed by atoms with Gasteiger partial charge in [0.15, 0.2) is 5.92 Å². The Balaban J connectivity index is 1.94. The zero-order valence-electron chi connectivity index (χ0n) is 11.9. The summed E-state index contributed by atoms with van der Waals surface area (Å²) in [5.41, 5.74) is 0.0796. The molecule has 3 rings (SSSR count). The number of aryl methyl sites for hydroxylation is 1. The molecule has 4 nitrogen and oxygen atoms in total. The molecule has 22 heavy (non-hydrogen) atoms. The average molecular weight is 336 g/mol. The molecule has 0 saturated heterocycles. The first-order valence-corrected chi connectivity index (χ1v) is 8.17. The van der Waals surface area contributed by atoms with Gasteiger partial charge in [0.2, 0.25) is 11.8 Å². The second kappa shape index (κ2) is 5.73. The van der Waals surface area contributed by atoms with E-state index in [1.54, 1.807) is 19.2 Å². The van der Waals surface area contributed by atoms with E-state index in [9.17, 15) is 14.0 Å². The van der Waals surface area contributed by atoms with Crippen LogP contribution in [0.3, 0.4) is 0 Å². The highest BCUT2D eigenvalue weighted by Gasteiger charge is 2.39. The lowest BCUT2D eigenvalue weighted by Crippen LogP contribution is -2.37.